The maximum Gasteiger partial charge on any atom is 0.303 e. The van der Waals surface area contributed by atoms with Gasteiger partial charge >= 0.3 is 5.97 Å². The van der Waals surface area contributed by atoms with E-state index in [0.717, 1.165) is 25.9 Å². The van der Waals surface area contributed by atoms with Crippen molar-refractivity contribution in [2.24, 2.45) is 5.92 Å². The van der Waals surface area contributed by atoms with Gasteiger partial charge in [0.05, 0.1) is 0 Å². The minimum absolute atomic E-state index is 0.305. The van der Waals surface area contributed by atoms with Crippen molar-refractivity contribution >= 4 is 5.97 Å². The first-order valence-electron chi connectivity index (χ1n) is 8.59. The average Bonchev–Trinajstić information content (AvgIpc) is 2.42. The standard InChI is InChI=1S/C17H35NO2/c1-3-4-5-6-7-8-9-10-14-18-15-13-16(2)11-12-17(19)20/h16,18H,3-15H2,1-2H3,(H,19,20). The minimum Gasteiger partial charge on any atom is -0.481 e. The van der Waals surface area contributed by atoms with Crippen LogP contribution in [0.15, 0.2) is 0 Å². The molecule has 1 atom stereocenters. The molecule has 0 amide bonds. The first-order valence-corrected chi connectivity index (χ1v) is 8.59. The lowest BCUT2D eigenvalue weighted by Gasteiger charge is -2.10. The molecule has 2 N–H and O–H groups in total. The molecular weight excluding hydrogens is 250 g/mol. The third-order valence-electron chi connectivity index (χ3n) is 3.87. The fourth-order valence-electron chi connectivity index (χ4n) is 2.37. The minimum atomic E-state index is -0.677. The van der Waals surface area contributed by atoms with Crippen LogP contribution in [0.5, 0.6) is 0 Å². The normalized spacial score (nSPS) is 12.5. The quantitative estimate of drug-likeness (QED) is 0.432. The van der Waals surface area contributed by atoms with Crippen molar-refractivity contribution in [3.05, 3.63) is 0 Å². The molecular formula is C17H35NO2. The Balaban J connectivity index is 3.10. The SMILES string of the molecule is CCCCCCCCCCNCCC(C)CCC(=O)O. The molecule has 0 aromatic carbocycles. The molecule has 120 valence electrons. The van der Waals surface area contributed by atoms with Crippen LogP contribution in [0.4, 0.5) is 0 Å². The predicted molar refractivity (Wildman–Crippen MR) is 86.1 cm³/mol. The summed E-state index contributed by atoms with van der Waals surface area (Å²) < 4.78 is 0. The topological polar surface area (TPSA) is 49.3 Å². The lowest BCUT2D eigenvalue weighted by molar-refractivity contribution is -0.137. The van der Waals surface area contributed by atoms with Gasteiger partial charge in [-0.2, -0.15) is 0 Å². The number of carboxylic acid groups (broad SMARTS) is 1. The summed E-state index contributed by atoms with van der Waals surface area (Å²) in [6.45, 7) is 6.53. The molecule has 0 saturated carbocycles. The Kier molecular flexibility index (Phi) is 14.4. The number of hydrogen-bond donors (Lipinski definition) is 2. The number of rotatable bonds is 15. The van der Waals surface area contributed by atoms with Crippen LogP contribution in [0.25, 0.3) is 0 Å². The van der Waals surface area contributed by atoms with Gasteiger partial charge in [-0.25, -0.2) is 0 Å². The van der Waals surface area contributed by atoms with E-state index in [2.05, 4.69) is 19.2 Å². The number of carboxylic acids is 1. The van der Waals surface area contributed by atoms with Crippen LogP contribution in [0, 0.1) is 5.92 Å². The van der Waals surface area contributed by atoms with Gasteiger partial charge in [0.25, 0.3) is 0 Å². The van der Waals surface area contributed by atoms with E-state index >= 15 is 0 Å². The first-order chi connectivity index (χ1) is 9.66. The van der Waals surface area contributed by atoms with Crippen LogP contribution in [0.1, 0.15) is 84.5 Å². The second-order valence-electron chi connectivity index (χ2n) is 6.05. The molecule has 0 spiro atoms. The van der Waals surface area contributed by atoms with E-state index in [1.54, 1.807) is 0 Å². The summed E-state index contributed by atoms with van der Waals surface area (Å²) in [7, 11) is 0. The zero-order chi connectivity index (χ0) is 15.1. The largest absolute Gasteiger partial charge is 0.481 e. The smallest absolute Gasteiger partial charge is 0.303 e. The molecule has 20 heavy (non-hydrogen) atoms. The van der Waals surface area contributed by atoms with Crippen LogP contribution < -0.4 is 5.32 Å². The van der Waals surface area contributed by atoms with Crippen molar-refractivity contribution in [3.8, 4) is 0 Å². The number of carbonyl (C=O) groups is 1. The molecule has 0 rings (SSSR count). The van der Waals surface area contributed by atoms with E-state index in [1.165, 1.54) is 51.4 Å². The van der Waals surface area contributed by atoms with Crippen LogP contribution >= 0.6 is 0 Å². The summed E-state index contributed by atoms with van der Waals surface area (Å²) in [5, 5.41) is 12.1. The summed E-state index contributed by atoms with van der Waals surface area (Å²) in [6, 6.07) is 0. The number of hydrogen-bond acceptors (Lipinski definition) is 2. The van der Waals surface area contributed by atoms with Gasteiger partial charge in [-0.1, -0.05) is 58.8 Å². The average molecular weight is 285 g/mol. The Bertz CT molecular complexity index is 219. The zero-order valence-corrected chi connectivity index (χ0v) is 13.6. The van der Waals surface area contributed by atoms with Gasteiger partial charge in [-0.15, -0.1) is 0 Å². The van der Waals surface area contributed by atoms with Gasteiger partial charge < -0.3 is 10.4 Å². The van der Waals surface area contributed by atoms with Crippen molar-refractivity contribution in [2.75, 3.05) is 13.1 Å². The third kappa shape index (κ3) is 15.5. The molecule has 3 nitrogen and oxygen atoms in total. The molecule has 0 saturated heterocycles. The van der Waals surface area contributed by atoms with Gasteiger partial charge in [0.2, 0.25) is 0 Å². The summed E-state index contributed by atoms with van der Waals surface area (Å²) in [4.78, 5) is 10.4. The second-order valence-corrected chi connectivity index (χ2v) is 6.05. The molecule has 0 heterocycles. The summed E-state index contributed by atoms with van der Waals surface area (Å²) in [6.07, 6.45) is 13.1. The van der Waals surface area contributed by atoms with Gasteiger partial charge in [-0.3, -0.25) is 4.79 Å². The molecule has 0 aromatic rings. The van der Waals surface area contributed by atoms with Crippen LogP contribution in [-0.4, -0.2) is 24.2 Å². The highest BCUT2D eigenvalue weighted by molar-refractivity contribution is 5.66. The van der Waals surface area contributed by atoms with Crippen LogP contribution in [0.2, 0.25) is 0 Å². The van der Waals surface area contributed by atoms with E-state index in [4.69, 9.17) is 5.11 Å². The first kappa shape index (κ1) is 19.4. The van der Waals surface area contributed by atoms with Crippen molar-refractivity contribution in [1.82, 2.24) is 5.32 Å². The number of aliphatic carboxylic acids is 1. The molecule has 0 aromatic heterocycles. The molecule has 0 aliphatic carbocycles. The van der Waals surface area contributed by atoms with E-state index in [9.17, 15) is 4.79 Å². The summed E-state index contributed by atoms with van der Waals surface area (Å²) in [5.74, 6) is -0.166. The zero-order valence-electron chi connectivity index (χ0n) is 13.6. The van der Waals surface area contributed by atoms with Crippen molar-refractivity contribution in [2.45, 2.75) is 84.5 Å². The fourth-order valence-corrected chi connectivity index (χ4v) is 2.37. The van der Waals surface area contributed by atoms with Crippen molar-refractivity contribution in [3.63, 3.8) is 0 Å². The highest BCUT2D eigenvalue weighted by atomic mass is 16.4. The lowest BCUT2D eigenvalue weighted by Crippen LogP contribution is -2.19. The number of nitrogens with one attached hydrogen (secondary N) is 1. The van der Waals surface area contributed by atoms with Gasteiger partial charge in [0, 0.05) is 6.42 Å². The highest BCUT2D eigenvalue weighted by Gasteiger charge is 2.04. The maximum atomic E-state index is 10.4. The Morgan fingerprint density at radius 3 is 2.15 bits per heavy atom. The summed E-state index contributed by atoms with van der Waals surface area (Å²) >= 11 is 0. The van der Waals surface area contributed by atoms with Crippen LogP contribution in [0.3, 0.4) is 0 Å². The molecule has 0 fully saturated rings. The van der Waals surface area contributed by atoms with E-state index in [1.807, 2.05) is 0 Å². The van der Waals surface area contributed by atoms with Crippen LogP contribution in [-0.2, 0) is 4.79 Å². The molecule has 3 heteroatoms. The Morgan fingerprint density at radius 1 is 0.950 bits per heavy atom. The third-order valence-corrected chi connectivity index (χ3v) is 3.87. The Morgan fingerprint density at radius 2 is 1.55 bits per heavy atom. The van der Waals surface area contributed by atoms with Crippen molar-refractivity contribution in [1.29, 1.82) is 0 Å². The molecule has 0 aliphatic rings. The second kappa shape index (κ2) is 14.8. The van der Waals surface area contributed by atoms with E-state index in [-0.39, 0.29) is 0 Å². The van der Waals surface area contributed by atoms with Gasteiger partial charge in [-0.05, 0) is 38.3 Å². The van der Waals surface area contributed by atoms with Crippen molar-refractivity contribution < 1.29 is 9.90 Å². The molecule has 0 aliphatic heterocycles. The number of unbranched alkanes of at least 4 members (excludes halogenated alkanes) is 7. The fraction of sp³-hybridized carbons (Fsp3) is 0.941. The Hall–Kier alpha value is -0.570. The summed E-state index contributed by atoms with van der Waals surface area (Å²) in [5.41, 5.74) is 0. The molecule has 0 radical (unpaired) electrons. The van der Waals surface area contributed by atoms with E-state index in [0.29, 0.717) is 12.3 Å². The monoisotopic (exact) mass is 285 g/mol. The Labute approximate surface area is 125 Å². The predicted octanol–water partition coefficient (Wildman–Crippen LogP) is 4.61. The maximum absolute atomic E-state index is 10.4. The van der Waals surface area contributed by atoms with Gasteiger partial charge in [0.1, 0.15) is 0 Å². The lowest BCUT2D eigenvalue weighted by atomic mass is 10.0. The van der Waals surface area contributed by atoms with Gasteiger partial charge in [0.15, 0.2) is 0 Å². The van der Waals surface area contributed by atoms with E-state index < -0.39 is 5.97 Å². The molecule has 0 bridgehead atoms. The highest BCUT2D eigenvalue weighted by Crippen LogP contribution is 2.10. The molecule has 1 unspecified atom stereocenters.